The lowest BCUT2D eigenvalue weighted by Gasteiger charge is -2.33. The zero-order chi connectivity index (χ0) is 24.7. The maximum Gasteiger partial charge on any atom is 0.348 e. The van der Waals surface area contributed by atoms with Gasteiger partial charge in [0.05, 0.1) is 11.4 Å². The lowest BCUT2D eigenvalue weighted by Crippen LogP contribution is -2.42. The predicted octanol–water partition coefficient (Wildman–Crippen LogP) is 6.45. The molecule has 0 spiro atoms. The fourth-order valence-corrected chi connectivity index (χ4v) is 6.43. The normalized spacial score (nSPS) is 18.3. The molecule has 35 heavy (non-hydrogen) atoms. The summed E-state index contributed by atoms with van der Waals surface area (Å²) in [4.78, 5) is 38.5. The fourth-order valence-electron chi connectivity index (χ4n) is 4.75. The van der Waals surface area contributed by atoms with E-state index in [9.17, 15) is 14.7 Å². The number of thiazole rings is 1. The summed E-state index contributed by atoms with van der Waals surface area (Å²) >= 11 is 2.75. The van der Waals surface area contributed by atoms with Crippen molar-refractivity contribution in [3.05, 3.63) is 47.0 Å². The number of hydrogen-bond donors (Lipinski definition) is 1. The Balaban J connectivity index is 1.46. The minimum Gasteiger partial charge on any atom is -0.477 e. The Morgan fingerprint density at radius 1 is 1.17 bits per heavy atom. The van der Waals surface area contributed by atoms with Gasteiger partial charge in [-0.3, -0.25) is 14.2 Å². The van der Waals surface area contributed by atoms with E-state index in [-0.39, 0.29) is 22.7 Å². The molecule has 4 aromatic rings. The molecular weight excluding hydrogens is 480 g/mol. The van der Waals surface area contributed by atoms with Gasteiger partial charge in [0.15, 0.2) is 4.96 Å². The van der Waals surface area contributed by atoms with E-state index in [4.69, 9.17) is 0 Å². The Bertz CT molecular complexity index is 1330. The summed E-state index contributed by atoms with van der Waals surface area (Å²) in [7, 11) is 0. The summed E-state index contributed by atoms with van der Waals surface area (Å²) < 4.78 is 1.96. The van der Waals surface area contributed by atoms with Crippen LogP contribution in [0.25, 0.3) is 26.8 Å². The van der Waals surface area contributed by atoms with Crippen LogP contribution in [0.15, 0.2) is 42.2 Å². The summed E-state index contributed by atoms with van der Waals surface area (Å²) in [5, 5.41) is 12.0. The van der Waals surface area contributed by atoms with Crippen LogP contribution in [0.1, 0.15) is 56.1 Å². The number of carboxylic acid groups (broad SMARTS) is 1. The number of carboxylic acids is 1. The minimum atomic E-state index is -1.02. The zero-order valence-corrected chi connectivity index (χ0v) is 21.6. The molecule has 0 aromatic carbocycles. The molecule has 4 heterocycles. The third-order valence-electron chi connectivity index (χ3n) is 6.69. The Morgan fingerprint density at radius 3 is 2.57 bits per heavy atom. The summed E-state index contributed by atoms with van der Waals surface area (Å²) in [6.07, 6.45) is 9.44. The molecule has 1 aliphatic carbocycles. The highest BCUT2D eigenvalue weighted by molar-refractivity contribution is 7.18. The Hall–Kier alpha value is -3.04. The molecule has 1 fully saturated rings. The first-order valence-electron chi connectivity index (χ1n) is 11.9. The van der Waals surface area contributed by atoms with Crippen LogP contribution in [0.3, 0.4) is 0 Å². The lowest BCUT2D eigenvalue weighted by atomic mass is 9.82. The molecule has 0 aliphatic heterocycles. The molecule has 0 bridgehead atoms. The summed E-state index contributed by atoms with van der Waals surface area (Å²) in [5.41, 5.74) is 2.84. The van der Waals surface area contributed by atoms with Crippen LogP contribution < -0.4 is 4.90 Å². The highest BCUT2D eigenvalue weighted by atomic mass is 32.1. The molecule has 4 aromatic heterocycles. The van der Waals surface area contributed by atoms with E-state index in [1.54, 1.807) is 22.4 Å². The number of anilines is 1. The van der Waals surface area contributed by atoms with Gasteiger partial charge in [-0.15, -0.1) is 22.7 Å². The molecule has 1 aliphatic rings. The average molecular weight is 509 g/mol. The van der Waals surface area contributed by atoms with Gasteiger partial charge in [-0.05, 0) is 63.6 Å². The number of pyridine rings is 1. The van der Waals surface area contributed by atoms with Gasteiger partial charge in [0.1, 0.15) is 10.6 Å². The largest absolute Gasteiger partial charge is 0.477 e. The number of thiophene rings is 1. The number of nitrogens with zero attached hydrogens (tertiary/aromatic N) is 4. The van der Waals surface area contributed by atoms with Crippen LogP contribution in [0.2, 0.25) is 0 Å². The molecule has 9 heteroatoms. The summed E-state index contributed by atoms with van der Waals surface area (Å²) in [6, 6.07) is 5.52. The van der Waals surface area contributed by atoms with E-state index in [2.05, 4.69) is 16.9 Å². The first-order chi connectivity index (χ1) is 16.8. The monoisotopic (exact) mass is 508 g/mol. The molecule has 0 radical (unpaired) electrons. The van der Waals surface area contributed by atoms with Crippen molar-refractivity contribution in [2.75, 3.05) is 4.90 Å². The lowest BCUT2D eigenvalue weighted by molar-refractivity contribution is -0.123. The molecule has 182 valence electrons. The maximum atomic E-state index is 13.5. The number of carbonyl (C=O) groups is 2. The van der Waals surface area contributed by atoms with Crippen LogP contribution in [0, 0.1) is 11.8 Å². The number of carbonyl (C=O) groups excluding carboxylic acids is 1. The van der Waals surface area contributed by atoms with Crippen molar-refractivity contribution >= 4 is 45.2 Å². The highest BCUT2D eigenvalue weighted by Gasteiger charge is 2.33. The molecular formula is C26H28N4O3S2. The van der Waals surface area contributed by atoms with Crippen LogP contribution in [0.5, 0.6) is 0 Å². The molecule has 7 nitrogen and oxygen atoms in total. The predicted molar refractivity (Wildman–Crippen MR) is 140 cm³/mol. The van der Waals surface area contributed by atoms with Gasteiger partial charge in [-0.2, -0.15) is 0 Å². The van der Waals surface area contributed by atoms with Gasteiger partial charge in [0, 0.05) is 46.4 Å². The van der Waals surface area contributed by atoms with Gasteiger partial charge in [0.2, 0.25) is 5.91 Å². The van der Waals surface area contributed by atoms with Crippen LogP contribution >= 0.6 is 22.7 Å². The van der Waals surface area contributed by atoms with E-state index in [0.717, 1.165) is 52.5 Å². The maximum absolute atomic E-state index is 13.5. The fraction of sp³-hybridized carbons (Fsp3) is 0.385. The van der Waals surface area contributed by atoms with Gasteiger partial charge < -0.3 is 10.0 Å². The average Bonchev–Trinajstić information content (AvgIpc) is 3.55. The number of hydrogen-bond acceptors (Lipinski definition) is 6. The van der Waals surface area contributed by atoms with Crippen molar-refractivity contribution in [2.45, 2.75) is 52.5 Å². The van der Waals surface area contributed by atoms with Gasteiger partial charge in [-0.1, -0.05) is 6.92 Å². The minimum absolute atomic E-state index is 0.0342. The first kappa shape index (κ1) is 23.7. The second-order valence-electron chi connectivity index (χ2n) is 9.54. The van der Waals surface area contributed by atoms with Crippen molar-refractivity contribution in [1.29, 1.82) is 0 Å². The molecule has 1 amide bonds. The number of amides is 1. The third kappa shape index (κ3) is 4.62. The molecule has 1 saturated carbocycles. The van der Waals surface area contributed by atoms with E-state index >= 15 is 0 Å². The second kappa shape index (κ2) is 9.54. The van der Waals surface area contributed by atoms with Gasteiger partial charge in [-0.25, -0.2) is 9.78 Å². The van der Waals surface area contributed by atoms with E-state index in [0.29, 0.717) is 11.6 Å². The van der Waals surface area contributed by atoms with Crippen molar-refractivity contribution in [1.82, 2.24) is 14.4 Å². The standard InChI is InChI=1S/C26H28N4O3S2/c1-15(2)30(24(31)17-6-4-16(3)5-7-17)21-12-22(35-23(21)25(32)33)18-8-9-19(27-13-18)20-14-29-10-11-34-26(29)28-20/h8-17H,4-7H2,1-3H3,(H,32,33). The van der Waals surface area contributed by atoms with Crippen molar-refractivity contribution in [3.8, 4) is 21.8 Å². The molecule has 0 saturated heterocycles. The van der Waals surface area contributed by atoms with Crippen LogP contribution in [0.4, 0.5) is 5.69 Å². The second-order valence-corrected chi connectivity index (χ2v) is 11.5. The van der Waals surface area contributed by atoms with Crippen LogP contribution in [-0.4, -0.2) is 37.4 Å². The van der Waals surface area contributed by atoms with Gasteiger partial charge >= 0.3 is 5.97 Å². The Kier molecular flexibility index (Phi) is 6.46. The number of fused-ring (bicyclic) bond motifs is 1. The number of aromatic nitrogens is 3. The highest BCUT2D eigenvalue weighted by Crippen LogP contribution is 2.40. The zero-order valence-electron chi connectivity index (χ0n) is 20.0. The van der Waals surface area contributed by atoms with E-state index in [1.165, 1.54) is 11.3 Å². The quantitative estimate of drug-likeness (QED) is 0.323. The first-order valence-corrected chi connectivity index (χ1v) is 13.6. The molecule has 5 rings (SSSR count). The van der Waals surface area contributed by atoms with Crippen molar-refractivity contribution in [3.63, 3.8) is 0 Å². The number of aromatic carboxylic acids is 1. The number of imidazole rings is 1. The topological polar surface area (TPSA) is 87.8 Å². The third-order valence-corrected chi connectivity index (χ3v) is 8.62. The summed E-state index contributed by atoms with van der Waals surface area (Å²) in [5.74, 6) is -0.395. The van der Waals surface area contributed by atoms with Gasteiger partial charge in [0.25, 0.3) is 0 Å². The summed E-state index contributed by atoms with van der Waals surface area (Å²) in [6.45, 7) is 6.11. The Morgan fingerprint density at radius 2 is 1.94 bits per heavy atom. The van der Waals surface area contributed by atoms with E-state index in [1.807, 2.05) is 54.2 Å². The SMILES string of the molecule is CC1CCC(C(=O)N(c2cc(-c3ccc(-c4cn5ccsc5n4)nc3)sc2C(=O)O)C(C)C)CC1. The van der Waals surface area contributed by atoms with Crippen molar-refractivity contribution < 1.29 is 14.7 Å². The van der Waals surface area contributed by atoms with E-state index < -0.39 is 5.97 Å². The molecule has 0 unspecified atom stereocenters. The van der Waals surface area contributed by atoms with Crippen LogP contribution in [-0.2, 0) is 4.79 Å². The van der Waals surface area contributed by atoms with Crippen molar-refractivity contribution in [2.24, 2.45) is 11.8 Å². The number of rotatable bonds is 6. The molecule has 1 N–H and O–H groups in total. The molecule has 0 atom stereocenters. The Labute approximate surface area is 212 Å². The smallest absolute Gasteiger partial charge is 0.348 e.